The van der Waals surface area contributed by atoms with Crippen LogP contribution < -0.4 is 0 Å². The number of likely N-dealkylation sites (tertiary alicyclic amines) is 1. The van der Waals surface area contributed by atoms with E-state index in [1.807, 2.05) is 81.1 Å². The maximum Gasteiger partial charge on any atom is 0.229 e. The predicted octanol–water partition coefficient (Wildman–Crippen LogP) is 7.22. The summed E-state index contributed by atoms with van der Waals surface area (Å²) in [5.41, 5.74) is 1.07. The Bertz CT molecular complexity index is 1040. The maximum absolute atomic E-state index is 14.3. The number of halogens is 2. The van der Waals surface area contributed by atoms with E-state index in [0.717, 1.165) is 11.1 Å². The molecule has 1 amide bonds. The molecule has 1 aliphatic heterocycles. The van der Waals surface area contributed by atoms with E-state index in [4.69, 9.17) is 23.2 Å². The molecule has 0 spiro atoms. The highest BCUT2D eigenvalue weighted by Gasteiger charge is 2.52. The summed E-state index contributed by atoms with van der Waals surface area (Å²) in [7, 11) is 0. The van der Waals surface area contributed by atoms with Gasteiger partial charge >= 0.3 is 0 Å². The number of ketones is 1. The number of carbonyl (C=O) groups excluding carboxylic acids is 2. The Kier molecular flexibility index (Phi) is 9.06. The largest absolute Gasteiger partial charge is 0.391 e. The monoisotopic (exact) mass is 517 g/mol. The number of rotatable bonds is 9. The third-order valence-corrected chi connectivity index (χ3v) is 7.63. The topological polar surface area (TPSA) is 57.6 Å². The molecule has 0 saturated carbocycles. The van der Waals surface area contributed by atoms with Crippen LogP contribution in [0.5, 0.6) is 0 Å². The van der Waals surface area contributed by atoms with Gasteiger partial charge in [-0.25, -0.2) is 0 Å². The van der Waals surface area contributed by atoms with Crippen LogP contribution >= 0.6 is 23.2 Å². The lowest BCUT2D eigenvalue weighted by molar-refractivity contribution is -0.160. The lowest BCUT2D eigenvalue weighted by Crippen LogP contribution is -2.58. The first kappa shape index (κ1) is 27.7. The summed E-state index contributed by atoms with van der Waals surface area (Å²) in [6, 6.07) is 14.6. The van der Waals surface area contributed by atoms with Gasteiger partial charge in [-0.1, -0.05) is 75.2 Å². The SMILES string of the molecule is CCC([C@H](C)O)N1C(=O)[C@@](C)(CC(=O)CC(C)C)C[C@H](c2cccc(Cl)c2)[C@H]1c1ccc(Cl)cc1. The summed E-state index contributed by atoms with van der Waals surface area (Å²) in [4.78, 5) is 29.1. The van der Waals surface area contributed by atoms with Crippen molar-refractivity contribution in [3.63, 3.8) is 0 Å². The molecule has 2 aromatic carbocycles. The lowest BCUT2D eigenvalue weighted by Gasteiger charge is -2.52. The van der Waals surface area contributed by atoms with Crippen molar-refractivity contribution in [1.29, 1.82) is 0 Å². The van der Waals surface area contributed by atoms with Crippen LogP contribution in [0.1, 0.15) is 83.4 Å². The van der Waals surface area contributed by atoms with Gasteiger partial charge in [0.05, 0.1) is 23.6 Å². The van der Waals surface area contributed by atoms with Gasteiger partial charge in [-0.3, -0.25) is 9.59 Å². The molecular weight excluding hydrogens is 481 g/mol. The molecule has 4 nitrogen and oxygen atoms in total. The molecule has 6 heteroatoms. The van der Waals surface area contributed by atoms with Crippen LogP contribution in [0, 0.1) is 11.3 Å². The fraction of sp³-hybridized carbons (Fsp3) is 0.517. The summed E-state index contributed by atoms with van der Waals surface area (Å²) in [6.07, 6.45) is 0.995. The van der Waals surface area contributed by atoms with Gasteiger partial charge in [0.15, 0.2) is 0 Å². The number of hydrogen-bond donors (Lipinski definition) is 1. The van der Waals surface area contributed by atoms with E-state index in [2.05, 4.69) is 0 Å². The number of carbonyl (C=O) groups is 2. The molecule has 2 aromatic rings. The molecule has 1 unspecified atom stereocenters. The van der Waals surface area contributed by atoms with Crippen LogP contribution in [0.2, 0.25) is 10.0 Å². The third kappa shape index (κ3) is 6.28. The van der Waals surface area contributed by atoms with Crippen molar-refractivity contribution in [2.45, 2.75) is 84.4 Å². The number of hydrogen-bond acceptors (Lipinski definition) is 3. The van der Waals surface area contributed by atoms with E-state index in [-0.39, 0.29) is 36.0 Å². The fourth-order valence-electron chi connectivity index (χ4n) is 5.64. The summed E-state index contributed by atoms with van der Waals surface area (Å²) in [5.74, 6) is 0.126. The van der Waals surface area contributed by atoms with Gasteiger partial charge in [-0.15, -0.1) is 0 Å². The summed E-state index contributed by atoms with van der Waals surface area (Å²) in [6.45, 7) is 9.64. The second-order valence-corrected chi connectivity index (χ2v) is 11.5. The number of aliphatic hydroxyl groups excluding tert-OH is 1. The van der Waals surface area contributed by atoms with E-state index in [9.17, 15) is 14.7 Å². The number of benzene rings is 2. The van der Waals surface area contributed by atoms with Crippen LogP contribution in [0.3, 0.4) is 0 Å². The number of Topliss-reactive ketones (excluding diaryl/α,β-unsaturated/α-hetero) is 1. The van der Waals surface area contributed by atoms with E-state index in [1.54, 1.807) is 6.92 Å². The van der Waals surface area contributed by atoms with E-state index < -0.39 is 17.6 Å². The van der Waals surface area contributed by atoms with Crippen molar-refractivity contribution >= 4 is 34.9 Å². The summed E-state index contributed by atoms with van der Waals surface area (Å²) in [5, 5.41) is 12.0. The van der Waals surface area contributed by atoms with Gasteiger partial charge in [0.2, 0.25) is 5.91 Å². The number of nitrogens with zero attached hydrogens (tertiary/aromatic N) is 1. The summed E-state index contributed by atoms with van der Waals surface area (Å²) >= 11 is 12.6. The third-order valence-electron chi connectivity index (χ3n) is 7.15. The van der Waals surface area contributed by atoms with Gasteiger partial charge in [0.1, 0.15) is 5.78 Å². The standard InChI is InChI=1S/C29H37Cl2NO3/c1-6-26(19(4)33)32-27(20-10-12-22(30)13-11-20)25(21-8-7-9-23(31)15-21)17-29(5,28(32)35)16-24(34)14-18(2)3/h7-13,15,18-19,25-27,33H,6,14,16-17H2,1-5H3/t19-,25+,26?,27+,29-/m0/s1. The minimum absolute atomic E-state index is 0.0828. The van der Waals surface area contributed by atoms with Crippen molar-refractivity contribution in [2.75, 3.05) is 0 Å². The van der Waals surface area contributed by atoms with E-state index in [1.165, 1.54) is 0 Å². The highest BCUT2D eigenvalue weighted by molar-refractivity contribution is 6.30. The fourth-order valence-corrected chi connectivity index (χ4v) is 5.97. The molecule has 0 radical (unpaired) electrons. The van der Waals surface area contributed by atoms with E-state index >= 15 is 0 Å². The lowest BCUT2D eigenvalue weighted by atomic mass is 9.66. The van der Waals surface area contributed by atoms with Crippen molar-refractivity contribution in [3.8, 4) is 0 Å². The Morgan fingerprint density at radius 1 is 1.09 bits per heavy atom. The quantitative estimate of drug-likeness (QED) is 0.381. The molecule has 1 saturated heterocycles. The minimum Gasteiger partial charge on any atom is -0.391 e. The van der Waals surface area contributed by atoms with Crippen LogP contribution in [0.4, 0.5) is 0 Å². The minimum atomic E-state index is -0.885. The molecular formula is C29H37Cl2NO3. The maximum atomic E-state index is 14.3. The van der Waals surface area contributed by atoms with Gasteiger partial charge in [0, 0.05) is 28.8 Å². The first-order chi connectivity index (χ1) is 16.5. The number of aliphatic hydroxyl groups is 1. The zero-order valence-electron chi connectivity index (χ0n) is 21.3. The molecule has 1 aliphatic rings. The highest BCUT2D eigenvalue weighted by Crippen LogP contribution is 2.52. The average Bonchev–Trinajstić information content (AvgIpc) is 2.77. The molecule has 1 fully saturated rings. The zero-order chi connectivity index (χ0) is 25.9. The molecule has 35 heavy (non-hydrogen) atoms. The predicted molar refractivity (Wildman–Crippen MR) is 143 cm³/mol. The van der Waals surface area contributed by atoms with Crippen molar-refractivity contribution < 1.29 is 14.7 Å². The van der Waals surface area contributed by atoms with Gasteiger partial charge in [-0.05, 0) is 61.1 Å². The van der Waals surface area contributed by atoms with Crippen LogP contribution in [-0.4, -0.2) is 33.8 Å². The number of piperidine rings is 1. The van der Waals surface area contributed by atoms with Gasteiger partial charge < -0.3 is 10.0 Å². The second-order valence-electron chi connectivity index (χ2n) is 10.7. The molecule has 1 heterocycles. The molecule has 1 N–H and O–H groups in total. The van der Waals surface area contributed by atoms with Crippen molar-refractivity contribution in [2.24, 2.45) is 11.3 Å². The van der Waals surface area contributed by atoms with E-state index in [0.29, 0.717) is 29.3 Å². The Labute approximate surface area is 219 Å². The van der Waals surface area contributed by atoms with Crippen molar-refractivity contribution in [1.82, 2.24) is 4.90 Å². The molecule has 0 aromatic heterocycles. The Hall–Kier alpha value is -1.88. The molecule has 0 bridgehead atoms. The summed E-state index contributed by atoms with van der Waals surface area (Å²) < 4.78 is 0. The molecule has 5 atom stereocenters. The van der Waals surface area contributed by atoms with Crippen LogP contribution in [0.15, 0.2) is 48.5 Å². The normalized spacial score (nSPS) is 24.5. The van der Waals surface area contributed by atoms with Gasteiger partial charge in [0.25, 0.3) is 0 Å². The smallest absolute Gasteiger partial charge is 0.229 e. The molecule has 3 rings (SSSR count). The highest BCUT2D eigenvalue weighted by atomic mass is 35.5. The van der Waals surface area contributed by atoms with Gasteiger partial charge in [-0.2, -0.15) is 0 Å². The first-order valence-corrected chi connectivity index (χ1v) is 13.3. The Balaban J connectivity index is 2.20. The Morgan fingerprint density at radius 2 is 1.74 bits per heavy atom. The van der Waals surface area contributed by atoms with Crippen LogP contribution in [0.25, 0.3) is 0 Å². The first-order valence-electron chi connectivity index (χ1n) is 12.5. The van der Waals surface area contributed by atoms with Crippen LogP contribution in [-0.2, 0) is 9.59 Å². The molecule has 190 valence electrons. The zero-order valence-corrected chi connectivity index (χ0v) is 22.8. The number of amides is 1. The second kappa shape index (κ2) is 11.5. The Morgan fingerprint density at radius 3 is 2.29 bits per heavy atom. The van der Waals surface area contributed by atoms with Crippen molar-refractivity contribution in [3.05, 3.63) is 69.7 Å². The average molecular weight is 519 g/mol. The molecule has 0 aliphatic carbocycles.